The molecule has 0 bridgehead atoms. The molecule has 0 aromatic carbocycles. The van der Waals surface area contributed by atoms with Crippen LogP contribution in [-0.2, 0) is 0 Å². The first kappa shape index (κ1) is 8.41. The Morgan fingerprint density at radius 1 is 1.89 bits per heavy atom. The third-order valence-corrected chi connectivity index (χ3v) is 1.42. The van der Waals surface area contributed by atoms with Crippen LogP contribution in [0.5, 0.6) is 0 Å². The quantitative estimate of drug-likeness (QED) is 0.550. The summed E-state index contributed by atoms with van der Waals surface area (Å²) in [5, 5.41) is 17.4. The molecular weight excluding hydrogens is 116 g/mol. The van der Waals surface area contributed by atoms with Gasteiger partial charge in [0.05, 0.1) is 18.1 Å². The van der Waals surface area contributed by atoms with Gasteiger partial charge in [-0.2, -0.15) is 5.26 Å². The zero-order chi connectivity index (χ0) is 7.49. The molecule has 0 unspecified atom stereocenters. The molecule has 0 spiro atoms. The van der Waals surface area contributed by atoms with Gasteiger partial charge >= 0.3 is 0 Å². The highest BCUT2D eigenvalue weighted by molar-refractivity contribution is 4.90. The van der Waals surface area contributed by atoms with Crippen LogP contribution in [0.4, 0.5) is 0 Å². The van der Waals surface area contributed by atoms with Crippen LogP contribution in [0.2, 0.25) is 0 Å². The zero-order valence-corrected chi connectivity index (χ0v) is 5.76. The van der Waals surface area contributed by atoms with Crippen molar-refractivity contribution >= 4 is 0 Å². The minimum Gasteiger partial charge on any atom is -0.387 e. The summed E-state index contributed by atoms with van der Waals surface area (Å²) in [6.45, 7) is 3.23. The Labute approximate surface area is 55.1 Å². The average Bonchev–Trinajstić information content (AvgIpc) is 1.65. The van der Waals surface area contributed by atoms with E-state index in [9.17, 15) is 5.11 Å². The van der Waals surface area contributed by atoms with Crippen molar-refractivity contribution in [3.8, 4) is 6.07 Å². The lowest BCUT2D eigenvalue weighted by molar-refractivity contribution is 0.0433. The van der Waals surface area contributed by atoms with Gasteiger partial charge < -0.3 is 10.8 Å². The first-order valence-corrected chi connectivity index (χ1v) is 2.85. The van der Waals surface area contributed by atoms with Crippen molar-refractivity contribution in [2.24, 2.45) is 5.73 Å². The molecule has 0 rings (SSSR count). The highest BCUT2D eigenvalue weighted by atomic mass is 16.3. The Morgan fingerprint density at radius 3 is 2.44 bits per heavy atom. The Hall–Kier alpha value is -0.590. The normalized spacial score (nSPS) is 19.9. The van der Waals surface area contributed by atoms with Crippen molar-refractivity contribution in [2.45, 2.75) is 31.9 Å². The highest BCUT2D eigenvalue weighted by Crippen LogP contribution is 2.10. The molecule has 0 fully saturated rings. The molecule has 0 saturated carbocycles. The molecule has 9 heavy (non-hydrogen) atoms. The minimum absolute atomic E-state index is 0.0880. The lowest BCUT2D eigenvalue weighted by atomic mass is 9.96. The number of nitrogens with two attached hydrogens (primary N) is 1. The van der Waals surface area contributed by atoms with E-state index in [1.807, 2.05) is 6.07 Å². The van der Waals surface area contributed by atoms with Gasteiger partial charge in [0, 0.05) is 6.04 Å². The summed E-state index contributed by atoms with van der Waals surface area (Å²) in [7, 11) is 0. The SMILES string of the molecule is C[C@@H](N)[C@](C)(O)CC#N. The zero-order valence-electron chi connectivity index (χ0n) is 5.76. The van der Waals surface area contributed by atoms with Gasteiger partial charge in [0.25, 0.3) is 0 Å². The van der Waals surface area contributed by atoms with Crippen molar-refractivity contribution in [3.63, 3.8) is 0 Å². The number of aliphatic hydroxyl groups is 1. The minimum atomic E-state index is -1.03. The first-order chi connectivity index (χ1) is 4.00. The number of hydrogen-bond acceptors (Lipinski definition) is 3. The number of hydrogen-bond donors (Lipinski definition) is 2. The third-order valence-electron chi connectivity index (χ3n) is 1.42. The topological polar surface area (TPSA) is 70.0 Å². The van der Waals surface area contributed by atoms with E-state index in [-0.39, 0.29) is 12.5 Å². The number of nitriles is 1. The van der Waals surface area contributed by atoms with Gasteiger partial charge in [0.15, 0.2) is 0 Å². The third kappa shape index (κ3) is 2.45. The predicted molar refractivity (Wildman–Crippen MR) is 34.5 cm³/mol. The molecule has 2 atom stereocenters. The van der Waals surface area contributed by atoms with Crippen LogP contribution in [0.25, 0.3) is 0 Å². The summed E-state index contributed by atoms with van der Waals surface area (Å²) in [4.78, 5) is 0. The molecule has 3 nitrogen and oxygen atoms in total. The maximum absolute atomic E-state index is 9.24. The van der Waals surface area contributed by atoms with Gasteiger partial charge in [-0.3, -0.25) is 0 Å². The molecule has 0 aliphatic heterocycles. The standard InChI is InChI=1S/C6H12N2O/c1-5(8)6(2,9)3-4-7/h5,9H,3,8H2,1-2H3/t5-,6-/m1/s1. The van der Waals surface area contributed by atoms with Gasteiger partial charge in [-0.15, -0.1) is 0 Å². The van der Waals surface area contributed by atoms with Crippen LogP contribution in [0.1, 0.15) is 20.3 Å². The molecule has 0 radical (unpaired) electrons. The van der Waals surface area contributed by atoms with Gasteiger partial charge in [-0.1, -0.05) is 0 Å². The van der Waals surface area contributed by atoms with Gasteiger partial charge in [-0.05, 0) is 13.8 Å². The molecule has 3 N–H and O–H groups in total. The molecule has 52 valence electrons. The predicted octanol–water partition coefficient (Wildman–Crippen LogP) is -0.00172. The summed E-state index contributed by atoms with van der Waals surface area (Å²) >= 11 is 0. The fourth-order valence-electron chi connectivity index (χ4n) is 0.321. The molecule has 3 heteroatoms. The van der Waals surface area contributed by atoms with Crippen LogP contribution in [0, 0.1) is 11.3 Å². The van der Waals surface area contributed by atoms with E-state index in [4.69, 9.17) is 11.0 Å². The van der Waals surface area contributed by atoms with E-state index >= 15 is 0 Å². The molecule has 0 aromatic heterocycles. The fraction of sp³-hybridized carbons (Fsp3) is 0.833. The van der Waals surface area contributed by atoms with Gasteiger partial charge in [0.1, 0.15) is 0 Å². The summed E-state index contributed by atoms with van der Waals surface area (Å²) in [5.74, 6) is 0. The smallest absolute Gasteiger partial charge is 0.0896 e. The Kier molecular flexibility index (Phi) is 2.63. The van der Waals surface area contributed by atoms with E-state index in [0.717, 1.165) is 0 Å². The molecule has 0 heterocycles. The second kappa shape index (κ2) is 2.81. The fourth-order valence-corrected chi connectivity index (χ4v) is 0.321. The number of rotatable bonds is 2. The van der Waals surface area contributed by atoms with Gasteiger partial charge in [0.2, 0.25) is 0 Å². The van der Waals surface area contributed by atoms with E-state index < -0.39 is 5.60 Å². The summed E-state index contributed by atoms with van der Waals surface area (Å²) < 4.78 is 0. The van der Waals surface area contributed by atoms with E-state index in [2.05, 4.69) is 0 Å². The summed E-state index contributed by atoms with van der Waals surface area (Å²) in [6.07, 6.45) is 0.0880. The van der Waals surface area contributed by atoms with Crippen LogP contribution in [0.3, 0.4) is 0 Å². The number of nitrogens with zero attached hydrogens (tertiary/aromatic N) is 1. The maximum Gasteiger partial charge on any atom is 0.0896 e. The second-order valence-electron chi connectivity index (χ2n) is 2.48. The largest absolute Gasteiger partial charge is 0.387 e. The van der Waals surface area contributed by atoms with Crippen molar-refractivity contribution in [1.29, 1.82) is 5.26 Å². The monoisotopic (exact) mass is 128 g/mol. The molecule has 0 aliphatic carbocycles. The Bertz CT molecular complexity index is 124. The van der Waals surface area contributed by atoms with E-state index in [1.165, 1.54) is 0 Å². The summed E-state index contributed by atoms with van der Waals surface area (Å²) in [6, 6.07) is 1.51. The lowest BCUT2D eigenvalue weighted by Gasteiger charge is -2.23. The Balaban J connectivity index is 3.89. The molecule has 0 aromatic rings. The first-order valence-electron chi connectivity index (χ1n) is 2.85. The average molecular weight is 128 g/mol. The summed E-state index contributed by atoms with van der Waals surface area (Å²) in [5.41, 5.74) is 4.32. The van der Waals surface area contributed by atoms with Crippen molar-refractivity contribution in [1.82, 2.24) is 0 Å². The van der Waals surface area contributed by atoms with Crippen molar-refractivity contribution < 1.29 is 5.11 Å². The van der Waals surface area contributed by atoms with Crippen LogP contribution in [-0.4, -0.2) is 16.7 Å². The van der Waals surface area contributed by atoms with Crippen molar-refractivity contribution in [2.75, 3.05) is 0 Å². The maximum atomic E-state index is 9.24. The van der Waals surface area contributed by atoms with Crippen LogP contribution in [0.15, 0.2) is 0 Å². The lowest BCUT2D eigenvalue weighted by Crippen LogP contribution is -2.42. The van der Waals surface area contributed by atoms with E-state index in [0.29, 0.717) is 0 Å². The second-order valence-corrected chi connectivity index (χ2v) is 2.48. The highest BCUT2D eigenvalue weighted by Gasteiger charge is 2.24. The van der Waals surface area contributed by atoms with E-state index in [1.54, 1.807) is 13.8 Å². The van der Waals surface area contributed by atoms with Crippen molar-refractivity contribution in [3.05, 3.63) is 0 Å². The van der Waals surface area contributed by atoms with Gasteiger partial charge in [-0.25, -0.2) is 0 Å². The molecule has 0 aliphatic rings. The van der Waals surface area contributed by atoms with Crippen LogP contribution >= 0.6 is 0 Å². The molecule has 0 saturated heterocycles. The molecular formula is C6H12N2O. The van der Waals surface area contributed by atoms with Crippen LogP contribution < -0.4 is 5.73 Å². The Morgan fingerprint density at radius 2 is 2.33 bits per heavy atom. The molecule has 0 amide bonds.